The van der Waals surface area contributed by atoms with Crippen molar-refractivity contribution < 1.29 is 14.3 Å². The molecule has 0 aliphatic carbocycles. The molecule has 0 fully saturated rings. The highest BCUT2D eigenvalue weighted by Crippen LogP contribution is 2.26. The maximum atomic E-state index is 10.7. The van der Waals surface area contributed by atoms with E-state index in [0.717, 1.165) is 0 Å². The molecule has 2 aromatic heterocycles. The van der Waals surface area contributed by atoms with Gasteiger partial charge in [0.05, 0.1) is 18.4 Å². The van der Waals surface area contributed by atoms with E-state index in [2.05, 4.69) is 20.2 Å². The molecule has 0 aliphatic rings. The topological polar surface area (TPSA) is 109 Å². The normalized spacial score (nSPS) is 11.4. The Bertz CT molecular complexity index is 569. The number of aromatic nitrogens is 3. The van der Waals surface area contributed by atoms with Crippen molar-refractivity contribution in [2.75, 3.05) is 7.11 Å². The van der Waals surface area contributed by atoms with Crippen LogP contribution in [0, 0.1) is 10.1 Å². The zero-order chi connectivity index (χ0) is 11.7. The number of nitro groups is 1. The average Bonchev–Trinajstić information content (AvgIpc) is 2.77. The first-order valence-corrected chi connectivity index (χ1v) is 4.18. The van der Waals surface area contributed by atoms with Gasteiger partial charge in [-0.2, -0.15) is 0 Å². The number of oxime groups is 1. The second-order valence-electron chi connectivity index (χ2n) is 2.87. The number of fused-ring (bicyclic) bond motifs is 1. The Hall–Kier alpha value is -2.45. The molecule has 0 saturated carbocycles. The summed E-state index contributed by atoms with van der Waals surface area (Å²) in [4.78, 5) is 14.6. The molecule has 0 radical (unpaired) electrons. The molecule has 0 atom stereocenters. The van der Waals surface area contributed by atoms with Crippen molar-refractivity contribution in [3.8, 4) is 0 Å². The molecule has 0 amide bonds. The third kappa shape index (κ3) is 1.38. The molecule has 0 spiro atoms. The summed E-state index contributed by atoms with van der Waals surface area (Å²) in [6.45, 7) is 0. The maximum absolute atomic E-state index is 10.7. The zero-order valence-corrected chi connectivity index (χ0v) is 8.45. The Balaban J connectivity index is 2.68. The van der Waals surface area contributed by atoms with Gasteiger partial charge in [-0.25, -0.2) is 0 Å². The van der Waals surface area contributed by atoms with Gasteiger partial charge in [0.15, 0.2) is 5.39 Å². The Labute approximate surface area is 88.4 Å². The fourth-order valence-corrected chi connectivity index (χ4v) is 1.28. The minimum atomic E-state index is -0.607. The maximum Gasteiger partial charge on any atom is 0.403 e. The highest BCUT2D eigenvalue weighted by Gasteiger charge is 2.27. The van der Waals surface area contributed by atoms with Crippen LogP contribution < -0.4 is 0 Å². The van der Waals surface area contributed by atoms with Crippen molar-refractivity contribution in [2.24, 2.45) is 12.2 Å². The number of aryl methyl sites for hydroxylation is 1. The lowest BCUT2D eigenvalue weighted by molar-refractivity contribution is -0.388. The van der Waals surface area contributed by atoms with Gasteiger partial charge in [0, 0.05) is 0 Å². The summed E-state index contributed by atoms with van der Waals surface area (Å²) in [6, 6.07) is 0. The van der Waals surface area contributed by atoms with Gasteiger partial charge in [0.1, 0.15) is 12.8 Å². The standard InChI is InChI=1S/C7H7N5O4/c1-11-7-5(6(9-11)12(13)14)4(10-16-7)3-8-15-2/h3H,1-2H3. The van der Waals surface area contributed by atoms with E-state index in [4.69, 9.17) is 4.52 Å². The summed E-state index contributed by atoms with van der Waals surface area (Å²) >= 11 is 0. The highest BCUT2D eigenvalue weighted by atomic mass is 16.6. The van der Waals surface area contributed by atoms with Gasteiger partial charge in [-0.15, -0.1) is 4.68 Å². The quantitative estimate of drug-likeness (QED) is 0.426. The molecule has 0 aromatic carbocycles. The predicted molar refractivity (Wildman–Crippen MR) is 52.0 cm³/mol. The van der Waals surface area contributed by atoms with Crippen LogP contribution in [-0.2, 0) is 11.9 Å². The monoisotopic (exact) mass is 225 g/mol. The molecular weight excluding hydrogens is 218 g/mol. The van der Waals surface area contributed by atoms with Crippen LogP contribution in [0.2, 0.25) is 0 Å². The molecule has 0 unspecified atom stereocenters. The zero-order valence-electron chi connectivity index (χ0n) is 8.45. The molecule has 9 nitrogen and oxygen atoms in total. The van der Waals surface area contributed by atoms with Crippen LogP contribution in [0.25, 0.3) is 11.1 Å². The van der Waals surface area contributed by atoms with Gasteiger partial charge >= 0.3 is 5.82 Å². The van der Waals surface area contributed by atoms with Crippen LogP contribution in [0.3, 0.4) is 0 Å². The Kier molecular flexibility index (Phi) is 2.27. The molecule has 0 aliphatic heterocycles. The van der Waals surface area contributed by atoms with Crippen LogP contribution in [-0.4, -0.2) is 33.2 Å². The molecule has 16 heavy (non-hydrogen) atoms. The first-order valence-electron chi connectivity index (χ1n) is 4.18. The van der Waals surface area contributed by atoms with Crippen molar-refractivity contribution in [1.82, 2.24) is 14.9 Å². The minimum absolute atomic E-state index is 0.202. The lowest BCUT2D eigenvalue weighted by Gasteiger charge is -1.86. The van der Waals surface area contributed by atoms with Crippen molar-refractivity contribution in [2.45, 2.75) is 0 Å². The summed E-state index contributed by atoms with van der Waals surface area (Å²) in [5.41, 5.74) is 0.418. The average molecular weight is 225 g/mol. The van der Waals surface area contributed by atoms with Crippen LogP contribution in [0.1, 0.15) is 5.69 Å². The summed E-state index contributed by atoms with van der Waals surface area (Å²) in [5.74, 6) is -0.323. The van der Waals surface area contributed by atoms with E-state index in [1.807, 2.05) is 0 Å². The van der Waals surface area contributed by atoms with E-state index in [9.17, 15) is 10.1 Å². The Morgan fingerprint density at radius 1 is 1.69 bits per heavy atom. The third-order valence-corrected chi connectivity index (χ3v) is 1.92. The Morgan fingerprint density at radius 2 is 2.44 bits per heavy atom. The van der Waals surface area contributed by atoms with Gasteiger partial charge in [-0.1, -0.05) is 10.3 Å². The summed E-state index contributed by atoms with van der Waals surface area (Å²) in [6.07, 6.45) is 1.22. The van der Waals surface area contributed by atoms with Gasteiger partial charge in [-0.05, 0) is 4.92 Å². The van der Waals surface area contributed by atoms with E-state index in [1.165, 1.54) is 25.1 Å². The van der Waals surface area contributed by atoms with Crippen molar-refractivity contribution in [1.29, 1.82) is 0 Å². The van der Waals surface area contributed by atoms with Crippen molar-refractivity contribution in [3.63, 3.8) is 0 Å². The molecule has 84 valence electrons. The van der Waals surface area contributed by atoms with Crippen LogP contribution in [0.4, 0.5) is 5.82 Å². The number of hydrogen-bond acceptors (Lipinski definition) is 7. The second kappa shape index (κ2) is 3.61. The van der Waals surface area contributed by atoms with Gasteiger partial charge in [0.25, 0.3) is 5.71 Å². The summed E-state index contributed by atoms with van der Waals surface area (Å²) in [5, 5.41) is 21.7. The van der Waals surface area contributed by atoms with Gasteiger partial charge in [0.2, 0.25) is 0 Å². The number of rotatable bonds is 3. The Morgan fingerprint density at radius 3 is 3.06 bits per heavy atom. The van der Waals surface area contributed by atoms with Crippen molar-refractivity contribution >= 4 is 23.1 Å². The van der Waals surface area contributed by atoms with Crippen LogP contribution in [0.15, 0.2) is 9.68 Å². The molecule has 0 saturated heterocycles. The molecule has 0 N–H and O–H groups in total. The molecular formula is C7H7N5O4. The number of hydrogen-bond donors (Lipinski definition) is 0. The lowest BCUT2D eigenvalue weighted by Crippen LogP contribution is -1.94. The molecule has 2 aromatic rings. The lowest BCUT2D eigenvalue weighted by atomic mass is 10.3. The van der Waals surface area contributed by atoms with E-state index in [-0.39, 0.29) is 22.6 Å². The molecule has 2 heterocycles. The molecule has 9 heteroatoms. The predicted octanol–water partition coefficient (Wildman–Crippen LogP) is 0.450. The highest BCUT2D eigenvalue weighted by molar-refractivity contribution is 5.98. The molecule has 2 rings (SSSR count). The van der Waals surface area contributed by atoms with Gasteiger partial charge in [-0.3, -0.25) is 0 Å². The summed E-state index contributed by atoms with van der Waals surface area (Å²) < 4.78 is 6.15. The van der Waals surface area contributed by atoms with Gasteiger partial charge < -0.3 is 19.5 Å². The van der Waals surface area contributed by atoms with Crippen LogP contribution >= 0.6 is 0 Å². The minimum Gasteiger partial charge on any atom is -0.399 e. The van der Waals surface area contributed by atoms with E-state index in [1.54, 1.807) is 0 Å². The third-order valence-electron chi connectivity index (χ3n) is 1.92. The first kappa shape index (κ1) is 10.1. The largest absolute Gasteiger partial charge is 0.403 e. The van der Waals surface area contributed by atoms with E-state index in [0.29, 0.717) is 0 Å². The fourth-order valence-electron chi connectivity index (χ4n) is 1.28. The molecule has 0 bridgehead atoms. The van der Waals surface area contributed by atoms with E-state index < -0.39 is 4.92 Å². The first-order chi connectivity index (χ1) is 7.65. The second-order valence-corrected chi connectivity index (χ2v) is 2.87. The smallest absolute Gasteiger partial charge is 0.399 e. The van der Waals surface area contributed by atoms with Crippen LogP contribution in [0.5, 0.6) is 0 Å². The van der Waals surface area contributed by atoms with Crippen molar-refractivity contribution in [3.05, 3.63) is 15.8 Å². The number of nitrogens with zero attached hydrogens (tertiary/aromatic N) is 5. The van der Waals surface area contributed by atoms with E-state index >= 15 is 0 Å². The summed E-state index contributed by atoms with van der Waals surface area (Å²) in [7, 11) is 2.88. The fraction of sp³-hybridized carbons (Fsp3) is 0.286. The SMILES string of the molecule is CON=Cc1noc2c1c([N+](=O)[O-])nn2C.